The van der Waals surface area contributed by atoms with E-state index < -0.39 is 9.84 Å². The van der Waals surface area contributed by atoms with Gasteiger partial charge in [-0.25, -0.2) is 8.42 Å². The molecule has 27 heavy (non-hydrogen) atoms. The number of hydrogen-bond donors (Lipinski definition) is 0. The predicted octanol–water partition coefficient (Wildman–Crippen LogP) is 4.31. The summed E-state index contributed by atoms with van der Waals surface area (Å²) >= 11 is 0. The van der Waals surface area contributed by atoms with Gasteiger partial charge in [-0.15, -0.1) is 0 Å². The van der Waals surface area contributed by atoms with Crippen molar-refractivity contribution in [3.05, 3.63) is 83.7 Å². The van der Waals surface area contributed by atoms with Gasteiger partial charge in [0.2, 0.25) is 11.7 Å². The first-order chi connectivity index (χ1) is 13.0. The van der Waals surface area contributed by atoms with Crippen molar-refractivity contribution in [3.8, 4) is 11.4 Å². The normalized spacial score (nSPS) is 11.7. The molecule has 3 aromatic carbocycles. The molecule has 1 heterocycles. The molecule has 0 aliphatic heterocycles. The van der Waals surface area contributed by atoms with Gasteiger partial charge >= 0.3 is 0 Å². The van der Waals surface area contributed by atoms with Gasteiger partial charge in [-0.05, 0) is 23.3 Å². The molecular weight excluding hydrogens is 360 g/mol. The summed E-state index contributed by atoms with van der Waals surface area (Å²) in [4.78, 5) is 4.24. The standard InChI is InChI=1S/C21H18N2O3S/c1-15-9-11-17(12-10-15)21-22-20(26-23-21)14-27(24,25)13-18-7-4-6-16-5-2-3-8-19(16)18/h2-12H,13-14H2,1H3. The molecule has 0 aliphatic carbocycles. The van der Waals surface area contributed by atoms with Crippen LogP contribution in [0.5, 0.6) is 0 Å². The molecule has 1 aromatic heterocycles. The van der Waals surface area contributed by atoms with Crippen molar-refractivity contribution in [2.24, 2.45) is 0 Å². The first-order valence-corrected chi connectivity index (χ1v) is 10.4. The van der Waals surface area contributed by atoms with Crippen molar-refractivity contribution in [1.29, 1.82) is 0 Å². The van der Waals surface area contributed by atoms with Gasteiger partial charge in [0.25, 0.3) is 0 Å². The fourth-order valence-electron chi connectivity index (χ4n) is 3.03. The quantitative estimate of drug-likeness (QED) is 0.517. The maximum atomic E-state index is 12.7. The predicted molar refractivity (Wildman–Crippen MR) is 105 cm³/mol. The monoisotopic (exact) mass is 378 g/mol. The van der Waals surface area contributed by atoms with Gasteiger partial charge < -0.3 is 4.52 Å². The highest BCUT2D eigenvalue weighted by Crippen LogP contribution is 2.22. The van der Waals surface area contributed by atoms with Crippen LogP contribution >= 0.6 is 0 Å². The molecule has 0 N–H and O–H groups in total. The molecule has 0 spiro atoms. The van der Waals surface area contributed by atoms with Crippen LogP contribution in [0.25, 0.3) is 22.2 Å². The second-order valence-electron chi connectivity index (χ2n) is 6.55. The Kier molecular flexibility index (Phi) is 4.49. The minimum Gasteiger partial charge on any atom is -0.338 e. The molecule has 0 amide bonds. The van der Waals surface area contributed by atoms with Gasteiger partial charge in [-0.3, -0.25) is 0 Å². The van der Waals surface area contributed by atoms with Gasteiger partial charge in [0.15, 0.2) is 9.84 Å². The number of hydrogen-bond acceptors (Lipinski definition) is 5. The van der Waals surface area contributed by atoms with E-state index >= 15 is 0 Å². The van der Waals surface area contributed by atoms with Crippen molar-refractivity contribution in [2.75, 3.05) is 0 Å². The summed E-state index contributed by atoms with van der Waals surface area (Å²) < 4.78 is 30.5. The number of rotatable bonds is 5. The summed E-state index contributed by atoms with van der Waals surface area (Å²) in [7, 11) is -3.45. The number of aromatic nitrogens is 2. The second-order valence-corrected chi connectivity index (χ2v) is 8.61. The van der Waals surface area contributed by atoms with E-state index in [9.17, 15) is 8.42 Å². The molecule has 136 valence electrons. The molecule has 0 atom stereocenters. The van der Waals surface area contributed by atoms with E-state index in [4.69, 9.17) is 4.52 Å². The van der Waals surface area contributed by atoms with Crippen LogP contribution in [-0.4, -0.2) is 18.6 Å². The van der Waals surface area contributed by atoms with Crippen molar-refractivity contribution in [3.63, 3.8) is 0 Å². The number of fused-ring (bicyclic) bond motifs is 1. The maximum absolute atomic E-state index is 12.7. The van der Waals surface area contributed by atoms with Crippen LogP contribution in [0.15, 0.2) is 71.3 Å². The Labute approximate surface area is 157 Å². The van der Waals surface area contributed by atoms with Crippen LogP contribution in [-0.2, 0) is 21.3 Å². The molecule has 0 saturated carbocycles. The Balaban J connectivity index is 1.56. The lowest BCUT2D eigenvalue weighted by atomic mass is 10.1. The van der Waals surface area contributed by atoms with Crippen molar-refractivity contribution >= 4 is 20.6 Å². The Bertz CT molecular complexity index is 1190. The molecule has 0 radical (unpaired) electrons. The van der Waals surface area contributed by atoms with E-state index in [0.717, 1.165) is 27.5 Å². The SMILES string of the molecule is Cc1ccc(-c2noc(CS(=O)(=O)Cc3cccc4ccccc34)n2)cc1. The highest BCUT2D eigenvalue weighted by molar-refractivity contribution is 7.89. The third kappa shape index (κ3) is 3.90. The van der Waals surface area contributed by atoms with Crippen molar-refractivity contribution in [2.45, 2.75) is 18.4 Å². The molecular formula is C21H18N2O3S. The molecule has 0 fully saturated rings. The lowest BCUT2D eigenvalue weighted by Gasteiger charge is -2.06. The van der Waals surface area contributed by atoms with Crippen molar-refractivity contribution < 1.29 is 12.9 Å². The fraction of sp³-hybridized carbons (Fsp3) is 0.143. The van der Waals surface area contributed by atoms with E-state index in [1.165, 1.54) is 0 Å². The average molecular weight is 378 g/mol. The van der Waals surface area contributed by atoms with E-state index in [2.05, 4.69) is 10.1 Å². The molecule has 6 heteroatoms. The molecule has 0 saturated heterocycles. The highest BCUT2D eigenvalue weighted by atomic mass is 32.2. The van der Waals surface area contributed by atoms with Crippen LogP contribution in [0.2, 0.25) is 0 Å². The minimum atomic E-state index is -3.45. The molecule has 5 nitrogen and oxygen atoms in total. The molecule has 4 rings (SSSR count). The van der Waals surface area contributed by atoms with Gasteiger partial charge in [-0.2, -0.15) is 4.98 Å². The summed E-state index contributed by atoms with van der Waals surface area (Å²) in [6, 6.07) is 21.1. The summed E-state index contributed by atoms with van der Waals surface area (Å²) in [5, 5.41) is 5.86. The molecule has 0 bridgehead atoms. The topological polar surface area (TPSA) is 73.1 Å². The van der Waals surface area contributed by atoms with E-state index in [0.29, 0.717) is 5.82 Å². The lowest BCUT2D eigenvalue weighted by Crippen LogP contribution is -2.08. The third-order valence-corrected chi connectivity index (χ3v) is 5.81. The van der Waals surface area contributed by atoms with Gasteiger partial charge in [-0.1, -0.05) is 77.5 Å². The Morgan fingerprint density at radius 1 is 0.889 bits per heavy atom. The Hall–Kier alpha value is -2.99. The fourth-order valence-corrected chi connectivity index (χ4v) is 4.35. The largest absolute Gasteiger partial charge is 0.338 e. The van der Waals surface area contributed by atoms with Crippen LogP contribution < -0.4 is 0 Å². The zero-order valence-electron chi connectivity index (χ0n) is 14.8. The summed E-state index contributed by atoms with van der Waals surface area (Å²) in [5.74, 6) is 0.141. The van der Waals surface area contributed by atoms with E-state index in [-0.39, 0.29) is 17.4 Å². The van der Waals surface area contributed by atoms with Crippen molar-refractivity contribution in [1.82, 2.24) is 10.1 Å². The molecule has 4 aromatic rings. The summed E-state index contributed by atoms with van der Waals surface area (Å²) in [6.45, 7) is 1.99. The smallest absolute Gasteiger partial charge is 0.242 e. The van der Waals surface area contributed by atoms with E-state index in [1.807, 2.05) is 73.7 Å². The second kappa shape index (κ2) is 6.96. The minimum absolute atomic E-state index is 0.0728. The highest BCUT2D eigenvalue weighted by Gasteiger charge is 2.19. The lowest BCUT2D eigenvalue weighted by molar-refractivity contribution is 0.389. The zero-order chi connectivity index (χ0) is 18.9. The summed E-state index contributed by atoms with van der Waals surface area (Å²) in [6.07, 6.45) is 0. The number of aryl methyl sites for hydroxylation is 1. The van der Waals surface area contributed by atoms with E-state index in [1.54, 1.807) is 0 Å². The van der Waals surface area contributed by atoms with Crippen LogP contribution in [0.4, 0.5) is 0 Å². The van der Waals surface area contributed by atoms with Gasteiger partial charge in [0.1, 0.15) is 5.75 Å². The Morgan fingerprint density at radius 2 is 1.63 bits per heavy atom. The molecule has 0 aliphatic rings. The summed E-state index contributed by atoms with van der Waals surface area (Å²) in [5.41, 5.74) is 2.69. The molecule has 0 unspecified atom stereocenters. The number of benzene rings is 3. The average Bonchev–Trinajstić information content (AvgIpc) is 3.10. The zero-order valence-corrected chi connectivity index (χ0v) is 15.6. The van der Waals surface area contributed by atoms with Gasteiger partial charge in [0, 0.05) is 5.56 Å². The maximum Gasteiger partial charge on any atom is 0.242 e. The Morgan fingerprint density at radius 3 is 2.44 bits per heavy atom. The van der Waals surface area contributed by atoms with Crippen LogP contribution in [0.3, 0.4) is 0 Å². The van der Waals surface area contributed by atoms with Gasteiger partial charge in [0.05, 0.1) is 5.75 Å². The third-order valence-electron chi connectivity index (χ3n) is 4.38. The van der Waals surface area contributed by atoms with Crippen LogP contribution in [0, 0.1) is 6.92 Å². The first kappa shape index (κ1) is 17.4. The number of sulfone groups is 1. The first-order valence-electron chi connectivity index (χ1n) is 8.57. The number of nitrogens with zero attached hydrogens (tertiary/aromatic N) is 2. The van der Waals surface area contributed by atoms with Crippen LogP contribution in [0.1, 0.15) is 17.0 Å².